The highest BCUT2D eigenvalue weighted by molar-refractivity contribution is 7.47. The molecule has 0 bridgehead atoms. The van der Waals surface area contributed by atoms with Gasteiger partial charge in [-0.2, -0.15) is 0 Å². The van der Waals surface area contributed by atoms with Crippen LogP contribution in [0.4, 0.5) is 0 Å². The minimum absolute atomic E-state index is 0.0511. The second kappa shape index (κ2) is 45.8. The molecule has 0 radical (unpaired) electrons. The molecule has 0 aliphatic heterocycles. The fourth-order valence-electron chi connectivity index (χ4n) is 7.13. The van der Waals surface area contributed by atoms with Crippen molar-refractivity contribution in [2.75, 3.05) is 40.9 Å². The summed E-state index contributed by atoms with van der Waals surface area (Å²) < 4.78 is 23.5. The number of unbranched alkanes of at least 4 members (excludes halogenated alkanes) is 22. The number of nitrogens with zero attached hydrogens (tertiary/aromatic N) is 1. The first-order chi connectivity index (χ1) is 31.0. The van der Waals surface area contributed by atoms with Crippen molar-refractivity contribution < 1.29 is 32.9 Å². The molecule has 3 unspecified atom stereocenters. The van der Waals surface area contributed by atoms with E-state index in [0.29, 0.717) is 17.4 Å². The van der Waals surface area contributed by atoms with E-state index in [0.717, 1.165) is 70.6 Å². The molecule has 0 aromatic rings. The summed E-state index contributed by atoms with van der Waals surface area (Å²) in [6.45, 7) is 4.43. The van der Waals surface area contributed by atoms with Gasteiger partial charge in [-0.05, 0) is 77.6 Å². The van der Waals surface area contributed by atoms with Crippen LogP contribution in [0.3, 0.4) is 0 Å². The Labute approximate surface area is 395 Å². The van der Waals surface area contributed by atoms with Crippen molar-refractivity contribution in [1.82, 2.24) is 5.32 Å². The number of carbonyl (C=O) groups excluding carboxylic acids is 1. The van der Waals surface area contributed by atoms with Crippen LogP contribution in [0, 0.1) is 0 Å². The predicted molar refractivity (Wildman–Crippen MR) is 276 cm³/mol. The molecule has 1 amide bonds. The molecule has 9 heteroatoms. The molecule has 0 aromatic heterocycles. The van der Waals surface area contributed by atoms with E-state index in [1.54, 1.807) is 6.08 Å². The van der Waals surface area contributed by atoms with E-state index in [4.69, 9.17) is 9.05 Å². The third-order valence-corrected chi connectivity index (χ3v) is 12.2. The van der Waals surface area contributed by atoms with Crippen molar-refractivity contribution in [1.29, 1.82) is 0 Å². The van der Waals surface area contributed by atoms with Gasteiger partial charge in [0.15, 0.2) is 0 Å². The van der Waals surface area contributed by atoms with Crippen LogP contribution in [-0.2, 0) is 18.4 Å². The SMILES string of the molecule is C/C=C/CC/C=C/CC/C=C/C(O)C(COP(=O)(O)OCC[N+](C)(C)C)NC(=O)CCCCCCCCCCCCCCCCCCCCCC/C=C\C/C=C\C/C=C\C/C=C\CC. The molecular formula is C55H100N2O6P+. The van der Waals surface area contributed by atoms with Crippen LogP contribution in [0.25, 0.3) is 0 Å². The summed E-state index contributed by atoms with van der Waals surface area (Å²) in [6, 6.07) is -0.869. The maximum atomic E-state index is 12.9. The Morgan fingerprint density at radius 1 is 0.562 bits per heavy atom. The number of aliphatic hydroxyl groups excluding tert-OH is 1. The smallest absolute Gasteiger partial charge is 0.387 e. The first kappa shape index (κ1) is 61.7. The fourth-order valence-corrected chi connectivity index (χ4v) is 7.87. The molecule has 0 aromatic carbocycles. The normalized spacial score (nSPS) is 14.8. The van der Waals surface area contributed by atoms with Crippen molar-refractivity contribution in [2.24, 2.45) is 0 Å². The third-order valence-electron chi connectivity index (χ3n) is 11.2. The average Bonchev–Trinajstić information content (AvgIpc) is 3.25. The van der Waals surface area contributed by atoms with Crippen molar-refractivity contribution >= 4 is 13.7 Å². The maximum absolute atomic E-state index is 12.9. The number of phosphoric ester groups is 1. The Bertz CT molecular complexity index is 1310. The van der Waals surface area contributed by atoms with Crippen molar-refractivity contribution in [2.45, 2.75) is 219 Å². The lowest BCUT2D eigenvalue weighted by Gasteiger charge is -2.25. The van der Waals surface area contributed by atoms with Crippen LogP contribution in [0.15, 0.2) is 85.1 Å². The number of quaternary nitrogens is 1. The van der Waals surface area contributed by atoms with Gasteiger partial charge in [-0.15, -0.1) is 0 Å². The maximum Gasteiger partial charge on any atom is 0.472 e. The Morgan fingerprint density at radius 2 is 0.969 bits per heavy atom. The minimum Gasteiger partial charge on any atom is -0.387 e. The van der Waals surface area contributed by atoms with E-state index in [1.165, 1.54) is 116 Å². The monoisotopic (exact) mass is 916 g/mol. The first-order valence-electron chi connectivity index (χ1n) is 25.9. The van der Waals surface area contributed by atoms with Gasteiger partial charge >= 0.3 is 7.82 Å². The van der Waals surface area contributed by atoms with Crippen LogP contribution < -0.4 is 5.32 Å². The van der Waals surface area contributed by atoms with E-state index >= 15 is 0 Å². The summed E-state index contributed by atoms with van der Waals surface area (Å²) in [5, 5.41) is 13.7. The predicted octanol–water partition coefficient (Wildman–Crippen LogP) is 15.3. The molecule has 0 rings (SSSR count). The van der Waals surface area contributed by atoms with Crippen molar-refractivity contribution in [3.63, 3.8) is 0 Å². The standard InChI is InChI=1S/C55H99N2O6P/c1-6-8-10-12-14-16-17-18-19-20-21-22-23-24-25-26-27-28-29-30-31-32-33-34-35-36-37-38-39-41-43-45-47-49-55(59)56-53(52-63-64(60,61)62-51-50-57(3,4)5)54(58)48-46-44-42-40-15-13-11-9-7-2/h7-10,14-16,18-19,21-22,40,46,48,53-54,58H,6,11-13,17,20,23-39,41-45,47,49-52H2,1-5H3,(H-,56,59,60,61)/p+1/b9-7+,10-8-,16-14-,19-18-,22-21-,40-15+,48-46+. The second-order valence-electron chi connectivity index (χ2n) is 18.5. The van der Waals surface area contributed by atoms with Gasteiger partial charge in [-0.1, -0.05) is 208 Å². The average molecular weight is 916 g/mol. The van der Waals surface area contributed by atoms with Crippen LogP contribution in [-0.4, -0.2) is 73.4 Å². The van der Waals surface area contributed by atoms with E-state index < -0.39 is 20.0 Å². The number of rotatable bonds is 46. The summed E-state index contributed by atoms with van der Waals surface area (Å²) >= 11 is 0. The zero-order chi connectivity index (χ0) is 47.1. The molecular weight excluding hydrogens is 816 g/mol. The Balaban J connectivity index is 3.96. The molecule has 8 nitrogen and oxygen atoms in total. The number of phosphoric acid groups is 1. The molecule has 0 fully saturated rings. The van der Waals surface area contributed by atoms with Crippen LogP contribution in [0.2, 0.25) is 0 Å². The number of hydrogen-bond donors (Lipinski definition) is 3. The quantitative estimate of drug-likeness (QED) is 0.0243. The highest BCUT2D eigenvalue weighted by atomic mass is 31.2. The van der Waals surface area contributed by atoms with E-state index in [-0.39, 0.29) is 19.1 Å². The van der Waals surface area contributed by atoms with Crippen LogP contribution in [0.1, 0.15) is 206 Å². The van der Waals surface area contributed by atoms with Gasteiger partial charge in [0, 0.05) is 6.42 Å². The molecule has 64 heavy (non-hydrogen) atoms. The van der Waals surface area contributed by atoms with E-state index in [9.17, 15) is 19.4 Å². The number of allylic oxidation sites excluding steroid dienone is 13. The van der Waals surface area contributed by atoms with Gasteiger partial charge in [0.2, 0.25) is 5.91 Å². The molecule has 0 aliphatic rings. The number of nitrogens with one attached hydrogen (secondary N) is 1. The Kier molecular flexibility index (Phi) is 44.2. The van der Waals surface area contributed by atoms with Crippen molar-refractivity contribution in [3.05, 3.63) is 85.1 Å². The lowest BCUT2D eigenvalue weighted by Crippen LogP contribution is -2.45. The summed E-state index contributed by atoms with van der Waals surface area (Å²) in [5.41, 5.74) is 0. The Morgan fingerprint density at radius 3 is 1.44 bits per heavy atom. The molecule has 0 aliphatic carbocycles. The van der Waals surface area contributed by atoms with Gasteiger partial charge in [0.25, 0.3) is 0 Å². The summed E-state index contributed by atoms with van der Waals surface area (Å²) in [6.07, 6.45) is 64.4. The van der Waals surface area contributed by atoms with Gasteiger partial charge in [-0.25, -0.2) is 4.57 Å². The van der Waals surface area contributed by atoms with Gasteiger partial charge in [0.05, 0.1) is 39.9 Å². The number of amides is 1. The van der Waals surface area contributed by atoms with Gasteiger partial charge in [-0.3, -0.25) is 13.8 Å². The molecule has 0 spiro atoms. The lowest BCUT2D eigenvalue weighted by molar-refractivity contribution is -0.870. The summed E-state index contributed by atoms with van der Waals surface area (Å²) in [4.78, 5) is 23.1. The first-order valence-corrected chi connectivity index (χ1v) is 27.4. The highest BCUT2D eigenvalue weighted by Crippen LogP contribution is 2.43. The van der Waals surface area contributed by atoms with Gasteiger partial charge < -0.3 is 19.8 Å². The fraction of sp³-hybridized carbons (Fsp3) is 0.727. The summed E-state index contributed by atoms with van der Waals surface area (Å²) in [7, 11) is 1.54. The second-order valence-corrected chi connectivity index (χ2v) is 20.0. The van der Waals surface area contributed by atoms with Crippen LogP contribution >= 0.6 is 7.82 Å². The zero-order valence-electron chi connectivity index (χ0n) is 42.0. The minimum atomic E-state index is -4.35. The summed E-state index contributed by atoms with van der Waals surface area (Å²) in [5.74, 6) is -0.195. The molecule has 370 valence electrons. The number of likely N-dealkylation sites (N-methyl/N-ethyl adjacent to an activating group) is 1. The molecule has 3 N–H and O–H groups in total. The highest BCUT2D eigenvalue weighted by Gasteiger charge is 2.27. The van der Waals surface area contributed by atoms with Crippen LogP contribution in [0.5, 0.6) is 0 Å². The van der Waals surface area contributed by atoms with Gasteiger partial charge in [0.1, 0.15) is 13.2 Å². The Hall–Kier alpha value is -2.32. The molecule has 0 saturated carbocycles. The third kappa shape index (κ3) is 47.6. The molecule has 0 saturated heterocycles. The molecule has 0 heterocycles. The number of carbonyl (C=O) groups is 1. The zero-order valence-corrected chi connectivity index (χ0v) is 42.9. The van der Waals surface area contributed by atoms with Crippen molar-refractivity contribution in [3.8, 4) is 0 Å². The van der Waals surface area contributed by atoms with E-state index in [1.807, 2.05) is 40.2 Å². The lowest BCUT2D eigenvalue weighted by atomic mass is 10.0. The largest absolute Gasteiger partial charge is 0.472 e. The molecule has 3 atom stereocenters. The van der Waals surface area contributed by atoms with E-state index in [2.05, 4.69) is 79.1 Å². The topological polar surface area (TPSA) is 105 Å². The number of hydrogen-bond acceptors (Lipinski definition) is 5. The number of aliphatic hydroxyl groups is 1.